The van der Waals surface area contributed by atoms with E-state index in [2.05, 4.69) is 5.32 Å². The number of hydrogen-bond acceptors (Lipinski definition) is 1. The Labute approximate surface area is 83.9 Å². The quantitative estimate of drug-likeness (QED) is 0.729. The van der Waals surface area contributed by atoms with Crippen LogP contribution in [-0.2, 0) is 0 Å². The van der Waals surface area contributed by atoms with Gasteiger partial charge in [-0.1, -0.05) is 23.7 Å². The largest absolute Gasteiger partial charge is 0.662 e. The molecule has 0 N–H and O–H groups in total. The number of likely N-dealkylation sites (N-methyl/N-ethyl adjacent to an activating group) is 1. The predicted molar refractivity (Wildman–Crippen MR) is 55.7 cm³/mol. The van der Waals surface area contributed by atoms with Crippen LogP contribution < -0.4 is 4.74 Å². The summed E-state index contributed by atoms with van der Waals surface area (Å²) >= 11 is 5.91. The average Bonchev–Trinajstić information content (AvgIpc) is 2.09. The van der Waals surface area contributed by atoms with Crippen LogP contribution in [0.5, 0.6) is 5.75 Å². The summed E-state index contributed by atoms with van der Waals surface area (Å²) in [5, 5.41) is 4.64. The first-order valence-corrected chi connectivity index (χ1v) is 4.58. The van der Waals surface area contributed by atoms with E-state index in [1.165, 1.54) is 0 Å². The van der Waals surface area contributed by atoms with Gasteiger partial charge in [-0.2, -0.15) is 7.05 Å². The van der Waals surface area contributed by atoms with E-state index >= 15 is 0 Å². The van der Waals surface area contributed by atoms with Gasteiger partial charge in [-0.15, -0.1) is 6.54 Å². The summed E-state index contributed by atoms with van der Waals surface area (Å²) in [5.41, 5.74) is 0. The minimum atomic E-state index is 0.0740. The number of para-hydroxylation sites is 1. The second-order valence-corrected chi connectivity index (χ2v) is 3.26. The number of hydrogen-bond donors (Lipinski definition) is 0. The highest BCUT2D eigenvalue weighted by Gasteiger charge is 2.02. The van der Waals surface area contributed by atoms with Crippen molar-refractivity contribution in [1.29, 1.82) is 0 Å². The maximum Gasteiger partial charge on any atom is 0.138 e. The minimum absolute atomic E-state index is 0.0740. The van der Waals surface area contributed by atoms with E-state index in [0.29, 0.717) is 11.6 Å². The Bertz CT molecular complexity index is 265. The molecule has 1 aromatic rings. The van der Waals surface area contributed by atoms with Gasteiger partial charge in [0.25, 0.3) is 0 Å². The molecule has 1 unspecified atom stereocenters. The molecule has 0 bridgehead atoms. The lowest BCUT2D eigenvalue weighted by Crippen LogP contribution is -2.15. The summed E-state index contributed by atoms with van der Waals surface area (Å²) in [5.74, 6) is 0.723. The summed E-state index contributed by atoms with van der Waals surface area (Å²) in [6.07, 6.45) is 0.0740. The Morgan fingerprint density at radius 3 is 2.77 bits per heavy atom. The molecule has 0 spiro atoms. The SMILES string of the molecule is C[N-]CC(C)Oc1ccccc1Cl. The predicted octanol–water partition coefficient (Wildman–Crippen LogP) is 3.11. The highest BCUT2D eigenvalue weighted by Crippen LogP contribution is 2.24. The fraction of sp³-hybridized carbons (Fsp3) is 0.400. The normalized spacial score (nSPS) is 12.5. The molecule has 1 aromatic carbocycles. The average molecular weight is 199 g/mol. The summed E-state index contributed by atoms with van der Waals surface area (Å²) < 4.78 is 5.56. The van der Waals surface area contributed by atoms with Gasteiger partial charge in [-0.3, -0.25) is 0 Å². The summed E-state index contributed by atoms with van der Waals surface area (Å²) in [4.78, 5) is 0. The summed E-state index contributed by atoms with van der Waals surface area (Å²) in [7, 11) is 1.77. The van der Waals surface area contributed by atoms with Gasteiger partial charge < -0.3 is 10.1 Å². The molecule has 72 valence electrons. The first kappa shape index (κ1) is 10.4. The fourth-order valence-electron chi connectivity index (χ4n) is 1.05. The highest BCUT2D eigenvalue weighted by atomic mass is 35.5. The zero-order valence-electron chi connectivity index (χ0n) is 7.83. The molecule has 0 saturated carbocycles. The molecule has 0 aromatic heterocycles. The Morgan fingerprint density at radius 1 is 1.46 bits per heavy atom. The van der Waals surface area contributed by atoms with Gasteiger partial charge in [-0.05, 0) is 19.1 Å². The lowest BCUT2D eigenvalue weighted by molar-refractivity contribution is 0.237. The van der Waals surface area contributed by atoms with E-state index < -0.39 is 0 Å². The molecule has 0 aliphatic carbocycles. The van der Waals surface area contributed by atoms with Crippen molar-refractivity contribution in [3.8, 4) is 5.75 Å². The van der Waals surface area contributed by atoms with Crippen LogP contribution >= 0.6 is 11.6 Å². The van der Waals surface area contributed by atoms with Crippen LogP contribution in [-0.4, -0.2) is 19.7 Å². The van der Waals surface area contributed by atoms with Crippen LogP contribution in [0.15, 0.2) is 24.3 Å². The van der Waals surface area contributed by atoms with Crippen molar-refractivity contribution in [2.75, 3.05) is 13.6 Å². The second-order valence-electron chi connectivity index (χ2n) is 2.86. The third-order valence-corrected chi connectivity index (χ3v) is 1.92. The minimum Gasteiger partial charge on any atom is -0.662 e. The lowest BCUT2D eigenvalue weighted by Gasteiger charge is -2.21. The van der Waals surface area contributed by atoms with E-state index in [4.69, 9.17) is 16.3 Å². The molecule has 0 fully saturated rings. The Balaban J connectivity index is 2.58. The van der Waals surface area contributed by atoms with E-state index in [0.717, 1.165) is 5.75 Å². The van der Waals surface area contributed by atoms with E-state index in [1.807, 2.05) is 31.2 Å². The zero-order valence-corrected chi connectivity index (χ0v) is 8.58. The molecule has 0 radical (unpaired) electrons. The maximum atomic E-state index is 5.91. The van der Waals surface area contributed by atoms with Crippen LogP contribution in [0.2, 0.25) is 5.02 Å². The number of ether oxygens (including phenoxy) is 1. The highest BCUT2D eigenvalue weighted by molar-refractivity contribution is 6.32. The molecular formula is C10H13ClNO-. The number of benzene rings is 1. The van der Waals surface area contributed by atoms with E-state index in [1.54, 1.807) is 7.05 Å². The summed E-state index contributed by atoms with van der Waals surface area (Å²) in [6.45, 7) is 2.65. The fourth-order valence-corrected chi connectivity index (χ4v) is 1.23. The first-order valence-electron chi connectivity index (χ1n) is 4.21. The van der Waals surface area contributed by atoms with Crippen molar-refractivity contribution in [3.05, 3.63) is 34.6 Å². The third-order valence-electron chi connectivity index (χ3n) is 1.60. The first-order chi connectivity index (χ1) is 6.24. The smallest absolute Gasteiger partial charge is 0.138 e. The monoisotopic (exact) mass is 198 g/mol. The molecule has 1 rings (SSSR count). The third kappa shape index (κ3) is 3.25. The van der Waals surface area contributed by atoms with E-state index in [-0.39, 0.29) is 6.10 Å². The van der Waals surface area contributed by atoms with Crippen molar-refractivity contribution in [2.24, 2.45) is 0 Å². The molecule has 0 heterocycles. The van der Waals surface area contributed by atoms with Gasteiger partial charge in [-0.25, -0.2) is 0 Å². The number of halogens is 1. The van der Waals surface area contributed by atoms with Crippen LogP contribution in [0.4, 0.5) is 0 Å². The van der Waals surface area contributed by atoms with Crippen molar-refractivity contribution >= 4 is 11.6 Å². The second kappa shape index (κ2) is 5.10. The van der Waals surface area contributed by atoms with Gasteiger partial charge in [0.15, 0.2) is 0 Å². The van der Waals surface area contributed by atoms with Crippen LogP contribution in [0, 0.1) is 0 Å². The maximum absolute atomic E-state index is 5.91. The van der Waals surface area contributed by atoms with Gasteiger partial charge >= 0.3 is 0 Å². The topological polar surface area (TPSA) is 23.3 Å². The molecule has 2 nitrogen and oxygen atoms in total. The standard InChI is InChI=1S/C10H13ClNO/c1-8(7-12-2)13-10-6-4-3-5-9(10)11/h3-6,8H,7H2,1-2H3/q-1. The van der Waals surface area contributed by atoms with Gasteiger partial charge in [0.05, 0.1) is 11.1 Å². The van der Waals surface area contributed by atoms with Crippen LogP contribution in [0.3, 0.4) is 0 Å². The van der Waals surface area contributed by atoms with Crippen molar-refractivity contribution in [2.45, 2.75) is 13.0 Å². The number of rotatable bonds is 4. The molecule has 1 atom stereocenters. The Morgan fingerprint density at radius 2 is 2.15 bits per heavy atom. The van der Waals surface area contributed by atoms with Crippen molar-refractivity contribution in [3.63, 3.8) is 0 Å². The van der Waals surface area contributed by atoms with Gasteiger partial charge in [0.2, 0.25) is 0 Å². The number of nitrogens with zero attached hydrogens (tertiary/aromatic N) is 1. The van der Waals surface area contributed by atoms with Crippen LogP contribution in [0.1, 0.15) is 6.92 Å². The molecule has 0 aliphatic heterocycles. The van der Waals surface area contributed by atoms with Crippen molar-refractivity contribution in [1.82, 2.24) is 0 Å². The van der Waals surface area contributed by atoms with E-state index in [9.17, 15) is 0 Å². The molecule has 0 aliphatic rings. The molecule has 0 saturated heterocycles. The molecular weight excluding hydrogens is 186 g/mol. The lowest BCUT2D eigenvalue weighted by atomic mass is 10.3. The van der Waals surface area contributed by atoms with Gasteiger partial charge in [0.1, 0.15) is 5.75 Å². The van der Waals surface area contributed by atoms with Crippen LogP contribution in [0.25, 0.3) is 5.32 Å². The van der Waals surface area contributed by atoms with Crippen molar-refractivity contribution < 1.29 is 4.74 Å². The summed E-state index contributed by atoms with van der Waals surface area (Å²) in [6, 6.07) is 7.45. The molecule has 3 heteroatoms. The molecule has 0 amide bonds. The van der Waals surface area contributed by atoms with Gasteiger partial charge in [0, 0.05) is 0 Å². The Hall–Kier alpha value is -0.730. The Kier molecular flexibility index (Phi) is 4.06. The molecule has 13 heavy (non-hydrogen) atoms. The zero-order chi connectivity index (χ0) is 9.68.